The number of nitrogens with one attached hydrogen (secondary N) is 1. The van der Waals surface area contributed by atoms with Crippen molar-refractivity contribution in [2.45, 2.75) is 18.9 Å². The molecule has 0 bridgehead atoms. The van der Waals surface area contributed by atoms with Crippen LogP contribution in [0.5, 0.6) is 5.88 Å². The number of aryl methyl sites for hydroxylation is 1. The van der Waals surface area contributed by atoms with Crippen LogP contribution in [0, 0.1) is 0 Å². The number of ether oxygens (including phenoxy) is 1. The van der Waals surface area contributed by atoms with Crippen LogP contribution in [0.3, 0.4) is 0 Å². The molecular formula is C15H20N6O2. The van der Waals surface area contributed by atoms with E-state index in [1.807, 2.05) is 11.0 Å². The SMILES string of the molecule is COc1nn(C)cc1C(=O)N1CCC(Nc2ccncn2)CC1. The molecule has 122 valence electrons. The molecule has 0 spiro atoms. The molecule has 8 heteroatoms. The highest BCUT2D eigenvalue weighted by atomic mass is 16.5. The molecule has 0 saturated carbocycles. The monoisotopic (exact) mass is 316 g/mol. The maximum Gasteiger partial charge on any atom is 0.260 e. The quantitative estimate of drug-likeness (QED) is 0.903. The average Bonchev–Trinajstić information content (AvgIpc) is 2.97. The fourth-order valence-electron chi connectivity index (χ4n) is 2.75. The van der Waals surface area contributed by atoms with E-state index in [2.05, 4.69) is 20.4 Å². The number of hydrogen-bond acceptors (Lipinski definition) is 6. The number of methoxy groups -OCH3 is 1. The molecule has 0 radical (unpaired) electrons. The summed E-state index contributed by atoms with van der Waals surface area (Å²) in [5.74, 6) is 1.16. The van der Waals surface area contributed by atoms with Crippen LogP contribution in [0.25, 0.3) is 0 Å². The van der Waals surface area contributed by atoms with Crippen LogP contribution in [-0.4, -0.2) is 56.8 Å². The third-order valence-electron chi connectivity index (χ3n) is 3.93. The summed E-state index contributed by atoms with van der Waals surface area (Å²) in [6.45, 7) is 1.39. The lowest BCUT2D eigenvalue weighted by Gasteiger charge is -2.32. The molecule has 1 fully saturated rings. The van der Waals surface area contributed by atoms with Gasteiger partial charge in [0.05, 0.1) is 7.11 Å². The van der Waals surface area contributed by atoms with Gasteiger partial charge in [-0.05, 0) is 18.9 Å². The average molecular weight is 316 g/mol. The molecule has 1 N–H and O–H groups in total. The number of aromatic nitrogens is 4. The lowest BCUT2D eigenvalue weighted by molar-refractivity contribution is 0.0715. The Balaban J connectivity index is 1.59. The molecule has 3 rings (SSSR count). The summed E-state index contributed by atoms with van der Waals surface area (Å²) in [5, 5.41) is 7.51. The summed E-state index contributed by atoms with van der Waals surface area (Å²) in [6, 6.07) is 2.16. The van der Waals surface area contributed by atoms with Gasteiger partial charge in [-0.15, -0.1) is 5.10 Å². The fraction of sp³-hybridized carbons (Fsp3) is 0.467. The molecular weight excluding hydrogens is 296 g/mol. The van der Waals surface area contributed by atoms with Crippen molar-refractivity contribution >= 4 is 11.7 Å². The van der Waals surface area contributed by atoms with E-state index in [1.165, 1.54) is 13.4 Å². The van der Waals surface area contributed by atoms with Crippen LogP contribution in [0.1, 0.15) is 23.2 Å². The first kappa shape index (κ1) is 15.3. The molecule has 1 aliphatic heterocycles. The largest absolute Gasteiger partial charge is 0.479 e. The number of piperidine rings is 1. The standard InChI is InChI=1S/C15H20N6O2/c1-20-9-12(14(19-20)23-2)15(22)21-7-4-11(5-8-21)18-13-3-6-16-10-17-13/h3,6,9-11H,4-5,7-8H2,1-2H3,(H,16,17,18). The normalized spacial score (nSPS) is 15.5. The number of amides is 1. The first-order chi connectivity index (χ1) is 11.2. The Bertz CT molecular complexity index is 664. The minimum Gasteiger partial charge on any atom is -0.479 e. The summed E-state index contributed by atoms with van der Waals surface area (Å²) in [6.07, 6.45) is 6.68. The van der Waals surface area contributed by atoms with Gasteiger partial charge in [-0.25, -0.2) is 9.97 Å². The highest BCUT2D eigenvalue weighted by Crippen LogP contribution is 2.21. The minimum atomic E-state index is -0.0320. The molecule has 23 heavy (non-hydrogen) atoms. The molecule has 2 aromatic heterocycles. The third kappa shape index (κ3) is 3.41. The zero-order valence-electron chi connectivity index (χ0n) is 13.3. The molecule has 8 nitrogen and oxygen atoms in total. The van der Waals surface area contributed by atoms with E-state index < -0.39 is 0 Å². The molecule has 1 amide bonds. The van der Waals surface area contributed by atoms with Crippen molar-refractivity contribution in [3.8, 4) is 5.88 Å². The third-order valence-corrected chi connectivity index (χ3v) is 3.93. The Kier molecular flexibility index (Phi) is 4.40. The molecule has 0 atom stereocenters. The van der Waals surface area contributed by atoms with Gasteiger partial charge in [-0.2, -0.15) is 0 Å². The number of nitrogens with zero attached hydrogens (tertiary/aromatic N) is 5. The van der Waals surface area contributed by atoms with Crippen LogP contribution < -0.4 is 10.1 Å². The zero-order chi connectivity index (χ0) is 16.2. The Hall–Kier alpha value is -2.64. The van der Waals surface area contributed by atoms with Crippen molar-refractivity contribution < 1.29 is 9.53 Å². The Morgan fingerprint density at radius 1 is 1.39 bits per heavy atom. The van der Waals surface area contributed by atoms with Crippen molar-refractivity contribution in [1.29, 1.82) is 0 Å². The molecule has 3 heterocycles. The van der Waals surface area contributed by atoms with Gasteiger partial charge >= 0.3 is 0 Å². The van der Waals surface area contributed by atoms with E-state index in [9.17, 15) is 4.79 Å². The van der Waals surface area contributed by atoms with Crippen molar-refractivity contribution in [1.82, 2.24) is 24.6 Å². The smallest absolute Gasteiger partial charge is 0.260 e. The maximum absolute atomic E-state index is 12.6. The van der Waals surface area contributed by atoms with Crippen LogP contribution in [0.4, 0.5) is 5.82 Å². The second kappa shape index (κ2) is 6.64. The van der Waals surface area contributed by atoms with Crippen molar-refractivity contribution in [3.63, 3.8) is 0 Å². The summed E-state index contributed by atoms with van der Waals surface area (Å²) < 4.78 is 6.77. The van der Waals surface area contributed by atoms with E-state index in [1.54, 1.807) is 24.1 Å². The molecule has 1 aliphatic rings. The van der Waals surface area contributed by atoms with Crippen LogP contribution >= 0.6 is 0 Å². The van der Waals surface area contributed by atoms with Gasteiger partial charge in [0.15, 0.2) is 0 Å². The van der Waals surface area contributed by atoms with Crippen molar-refractivity contribution in [2.24, 2.45) is 7.05 Å². The fourth-order valence-corrected chi connectivity index (χ4v) is 2.75. The maximum atomic E-state index is 12.6. The highest BCUT2D eigenvalue weighted by Gasteiger charge is 2.27. The lowest BCUT2D eigenvalue weighted by atomic mass is 10.0. The van der Waals surface area contributed by atoms with E-state index in [-0.39, 0.29) is 5.91 Å². The Morgan fingerprint density at radius 3 is 2.83 bits per heavy atom. The van der Waals surface area contributed by atoms with Gasteiger partial charge in [0.25, 0.3) is 5.91 Å². The van der Waals surface area contributed by atoms with E-state index in [0.717, 1.165) is 18.7 Å². The number of hydrogen-bond donors (Lipinski definition) is 1. The minimum absolute atomic E-state index is 0.0320. The number of carbonyl (C=O) groups excluding carboxylic acids is 1. The predicted molar refractivity (Wildman–Crippen MR) is 84.3 cm³/mol. The molecule has 0 aromatic carbocycles. The second-order valence-corrected chi connectivity index (χ2v) is 5.53. The molecule has 2 aromatic rings. The van der Waals surface area contributed by atoms with Gasteiger partial charge in [0, 0.05) is 38.6 Å². The van der Waals surface area contributed by atoms with Crippen molar-refractivity contribution in [2.75, 3.05) is 25.5 Å². The molecule has 1 saturated heterocycles. The number of likely N-dealkylation sites (tertiary alicyclic amines) is 1. The Morgan fingerprint density at radius 2 is 2.17 bits per heavy atom. The predicted octanol–water partition coefficient (Wildman–Crippen LogP) is 0.935. The first-order valence-electron chi connectivity index (χ1n) is 7.57. The van der Waals surface area contributed by atoms with Gasteiger partial charge in [0.1, 0.15) is 17.7 Å². The summed E-state index contributed by atoms with van der Waals surface area (Å²) in [5.41, 5.74) is 0.511. The second-order valence-electron chi connectivity index (χ2n) is 5.53. The van der Waals surface area contributed by atoms with Gasteiger partial charge in [-0.3, -0.25) is 9.48 Å². The zero-order valence-corrected chi connectivity index (χ0v) is 13.3. The summed E-state index contributed by atoms with van der Waals surface area (Å²) in [7, 11) is 3.30. The number of carbonyl (C=O) groups is 1. The van der Waals surface area contributed by atoms with E-state index in [0.29, 0.717) is 30.6 Å². The topological polar surface area (TPSA) is 85.2 Å². The van der Waals surface area contributed by atoms with Gasteiger partial charge in [-0.1, -0.05) is 0 Å². The highest BCUT2D eigenvalue weighted by molar-refractivity contribution is 5.96. The Labute approximate surface area is 134 Å². The summed E-state index contributed by atoms with van der Waals surface area (Å²) >= 11 is 0. The molecule has 0 aliphatic carbocycles. The summed E-state index contributed by atoms with van der Waals surface area (Å²) in [4.78, 5) is 22.5. The van der Waals surface area contributed by atoms with E-state index >= 15 is 0 Å². The first-order valence-corrected chi connectivity index (χ1v) is 7.57. The van der Waals surface area contributed by atoms with E-state index in [4.69, 9.17) is 4.74 Å². The number of anilines is 1. The molecule has 0 unspecified atom stereocenters. The van der Waals surface area contributed by atoms with Crippen LogP contribution in [0.2, 0.25) is 0 Å². The van der Waals surface area contributed by atoms with Crippen LogP contribution in [0.15, 0.2) is 24.8 Å². The van der Waals surface area contributed by atoms with Crippen LogP contribution in [-0.2, 0) is 7.05 Å². The van der Waals surface area contributed by atoms with Crippen molar-refractivity contribution in [3.05, 3.63) is 30.4 Å². The lowest BCUT2D eigenvalue weighted by Crippen LogP contribution is -2.42. The number of rotatable bonds is 4. The van der Waals surface area contributed by atoms with Gasteiger partial charge < -0.3 is 15.0 Å². The van der Waals surface area contributed by atoms with Gasteiger partial charge in [0.2, 0.25) is 5.88 Å².